The third kappa shape index (κ3) is 6.94. The number of hydrogen-bond acceptors (Lipinski definition) is 4. The summed E-state index contributed by atoms with van der Waals surface area (Å²) in [5.74, 6) is -0.324. The Kier molecular flexibility index (Phi) is 5.42. The van der Waals surface area contributed by atoms with Crippen LogP contribution in [0.25, 0.3) is 0 Å². The van der Waals surface area contributed by atoms with Gasteiger partial charge >= 0.3 is 12.4 Å². The summed E-state index contributed by atoms with van der Waals surface area (Å²) in [6.07, 6.45) is 0.523. The molecule has 0 aromatic heterocycles. The second kappa shape index (κ2) is 6.07. The van der Waals surface area contributed by atoms with Gasteiger partial charge in [0.1, 0.15) is 0 Å². The highest BCUT2D eigenvalue weighted by Crippen LogP contribution is 1.83. The predicted octanol–water partition coefficient (Wildman–Crippen LogP) is 0.0234. The van der Waals surface area contributed by atoms with Crippen LogP contribution in [0.3, 0.4) is 0 Å². The van der Waals surface area contributed by atoms with Gasteiger partial charge in [0.2, 0.25) is 0 Å². The molecule has 10 heavy (non-hydrogen) atoms. The fourth-order valence-corrected chi connectivity index (χ4v) is 0.389. The van der Waals surface area contributed by atoms with E-state index in [0.717, 1.165) is 0 Å². The van der Waals surface area contributed by atoms with Crippen molar-refractivity contribution in [1.82, 2.24) is 0 Å². The SMILES string of the molecule is CC(=O)OCCCO[C]=O. The number of carbonyl (C=O) groups is 1. The van der Waals surface area contributed by atoms with Crippen LogP contribution in [-0.2, 0) is 19.1 Å². The molecule has 0 aliphatic rings. The first-order chi connectivity index (χ1) is 4.77. The average molecular weight is 145 g/mol. The monoisotopic (exact) mass is 145 g/mol. The maximum absolute atomic E-state index is 10.1. The first kappa shape index (κ1) is 8.94. The van der Waals surface area contributed by atoms with E-state index in [1.54, 1.807) is 0 Å². The molecular weight excluding hydrogens is 136 g/mol. The fraction of sp³-hybridized carbons (Fsp3) is 0.667. The van der Waals surface area contributed by atoms with Crippen LogP contribution in [0.2, 0.25) is 0 Å². The largest absolute Gasteiger partial charge is 0.466 e. The molecule has 4 heteroatoms. The number of hydrogen-bond donors (Lipinski definition) is 0. The van der Waals surface area contributed by atoms with E-state index in [0.29, 0.717) is 6.42 Å². The second-order valence-corrected chi connectivity index (χ2v) is 1.63. The van der Waals surface area contributed by atoms with Crippen LogP contribution in [0.1, 0.15) is 13.3 Å². The van der Waals surface area contributed by atoms with Crippen molar-refractivity contribution in [1.29, 1.82) is 0 Å². The van der Waals surface area contributed by atoms with E-state index in [9.17, 15) is 9.59 Å². The molecule has 0 unspecified atom stereocenters. The van der Waals surface area contributed by atoms with E-state index in [-0.39, 0.29) is 19.2 Å². The highest BCUT2D eigenvalue weighted by molar-refractivity contribution is 5.65. The Bertz CT molecular complexity index is 110. The van der Waals surface area contributed by atoms with Crippen molar-refractivity contribution >= 4 is 12.4 Å². The summed E-state index contributed by atoms with van der Waals surface area (Å²) < 4.78 is 8.76. The molecule has 0 aromatic rings. The summed E-state index contributed by atoms with van der Waals surface area (Å²) >= 11 is 0. The Morgan fingerprint density at radius 1 is 1.50 bits per heavy atom. The Balaban J connectivity index is 2.90. The van der Waals surface area contributed by atoms with Crippen molar-refractivity contribution in [3.63, 3.8) is 0 Å². The van der Waals surface area contributed by atoms with E-state index in [2.05, 4.69) is 9.47 Å². The molecule has 57 valence electrons. The van der Waals surface area contributed by atoms with Gasteiger partial charge in [0.05, 0.1) is 13.2 Å². The highest BCUT2D eigenvalue weighted by Gasteiger charge is 1.91. The topological polar surface area (TPSA) is 52.6 Å². The van der Waals surface area contributed by atoms with E-state index in [1.807, 2.05) is 0 Å². The molecular formula is C6H9O4. The Morgan fingerprint density at radius 2 is 2.20 bits per heavy atom. The minimum atomic E-state index is -0.324. The first-order valence-electron chi connectivity index (χ1n) is 2.89. The maximum Gasteiger partial charge on any atom is 0.417 e. The van der Waals surface area contributed by atoms with Gasteiger partial charge in [0.15, 0.2) is 0 Å². The lowest BCUT2D eigenvalue weighted by Crippen LogP contribution is -2.03. The van der Waals surface area contributed by atoms with Crippen LogP contribution in [0.5, 0.6) is 0 Å². The van der Waals surface area contributed by atoms with Crippen molar-refractivity contribution in [2.75, 3.05) is 13.2 Å². The zero-order chi connectivity index (χ0) is 7.82. The summed E-state index contributed by atoms with van der Waals surface area (Å²) in [5, 5.41) is 0. The standard InChI is InChI=1S/C6H9O4/c1-6(8)10-4-2-3-9-5-7/h2-4H2,1H3. The quantitative estimate of drug-likeness (QED) is 0.404. The lowest BCUT2D eigenvalue weighted by molar-refractivity contribution is -0.141. The third-order valence-electron chi connectivity index (χ3n) is 0.755. The van der Waals surface area contributed by atoms with Gasteiger partial charge in [0, 0.05) is 13.3 Å². The van der Waals surface area contributed by atoms with E-state index >= 15 is 0 Å². The molecule has 0 atom stereocenters. The number of ether oxygens (including phenoxy) is 2. The van der Waals surface area contributed by atoms with E-state index in [1.165, 1.54) is 13.4 Å². The molecule has 0 saturated carbocycles. The molecule has 0 spiro atoms. The zero-order valence-corrected chi connectivity index (χ0v) is 5.75. The lowest BCUT2D eigenvalue weighted by Gasteiger charge is -1.98. The van der Waals surface area contributed by atoms with Gasteiger partial charge in [-0.25, -0.2) is 4.79 Å². The Morgan fingerprint density at radius 3 is 2.70 bits per heavy atom. The molecule has 0 saturated heterocycles. The van der Waals surface area contributed by atoms with Crippen LogP contribution in [0.15, 0.2) is 0 Å². The Labute approximate surface area is 59.1 Å². The van der Waals surface area contributed by atoms with Crippen LogP contribution in [-0.4, -0.2) is 25.7 Å². The number of esters is 1. The molecule has 1 radical (unpaired) electrons. The molecule has 0 aliphatic carbocycles. The van der Waals surface area contributed by atoms with Crippen molar-refractivity contribution < 1.29 is 19.1 Å². The van der Waals surface area contributed by atoms with Crippen molar-refractivity contribution in [3.8, 4) is 0 Å². The fourth-order valence-electron chi connectivity index (χ4n) is 0.389. The minimum absolute atomic E-state index is 0.247. The number of carbonyl (C=O) groups excluding carboxylic acids is 2. The van der Waals surface area contributed by atoms with Gasteiger partial charge in [0.25, 0.3) is 0 Å². The van der Waals surface area contributed by atoms with Crippen LogP contribution < -0.4 is 0 Å². The van der Waals surface area contributed by atoms with Gasteiger partial charge in [-0.2, -0.15) is 0 Å². The van der Waals surface area contributed by atoms with Crippen molar-refractivity contribution in [3.05, 3.63) is 0 Å². The molecule has 0 fully saturated rings. The molecule has 0 aromatic carbocycles. The summed E-state index contributed by atoms with van der Waals surface area (Å²) in [4.78, 5) is 19.6. The molecule has 0 aliphatic heterocycles. The predicted molar refractivity (Wildman–Crippen MR) is 32.9 cm³/mol. The van der Waals surface area contributed by atoms with Gasteiger partial charge in [-0.3, -0.25) is 4.79 Å². The summed E-state index contributed by atoms with van der Waals surface area (Å²) in [6, 6.07) is 0. The average Bonchev–Trinajstić information content (AvgIpc) is 1.87. The first-order valence-corrected chi connectivity index (χ1v) is 2.89. The van der Waals surface area contributed by atoms with Crippen molar-refractivity contribution in [2.45, 2.75) is 13.3 Å². The summed E-state index contributed by atoms with van der Waals surface area (Å²) in [6.45, 7) is 3.13. The van der Waals surface area contributed by atoms with Crippen molar-refractivity contribution in [2.24, 2.45) is 0 Å². The van der Waals surface area contributed by atoms with Gasteiger partial charge < -0.3 is 9.47 Å². The molecule has 0 bridgehead atoms. The van der Waals surface area contributed by atoms with E-state index < -0.39 is 0 Å². The van der Waals surface area contributed by atoms with E-state index in [4.69, 9.17) is 0 Å². The number of rotatable bonds is 5. The normalized spacial score (nSPS) is 8.50. The lowest BCUT2D eigenvalue weighted by atomic mass is 10.5. The van der Waals surface area contributed by atoms with Gasteiger partial charge in [-0.05, 0) is 0 Å². The Hall–Kier alpha value is -1.06. The van der Waals surface area contributed by atoms with Crippen LogP contribution in [0.4, 0.5) is 0 Å². The smallest absolute Gasteiger partial charge is 0.417 e. The molecule has 0 rings (SSSR count). The molecule has 0 N–H and O–H groups in total. The maximum atomic E-state index is 10.1. The third-order valence-corrected chi connectivity index (χ3v) is 0.755. The summed E-state index contributed by atoms with van der Waals surface area (Å²) in [7, 11) is 0. The molecule has 0 heterocycles. The van der Waals surface area contributed by atoms with Gasteiger partial charge in [-0.1, -0.05) is 0 Å². The van der Waals surface area contributed by atoms with Crippen LogP contribution in [0, 0.1) is 0 Å². The molecule has 4 nitrogen and oxygen atoms in total. The van der Waals surface area contributed by atoms with Crippen LogP contribution >= 0.6 is 0 Å². The zero-order valence-electron chi connectivity index (χ0n) is 5.75. The summed E-state index contributed by atoms with van der Waals surface area (Å²) in [5.41, 5.74) is 0. The minimum Gasteiger partial charge on any atom is -0.466 e. The second-order valence-electron chi connectivity index (χ2n) is 1.63. The molecule has 0 amide bonds. The highest BCUT2D eigenvalue weighted by atomic mass is 16.5. The van der Waals surface area contributed by atoms with Gasteiger partial charge in [-0.15, -0.1) is 0 Å².